The zero-order valence-electron chi connectivity index (χ0n) is 10.5. The van der Waals surface area contributed by atoms with Crippen molar-refractivity contribution in [3.8, 4) is 0 Å². The number of nitrogens with two attached hydrogens (primary N) is 1. The monoisotopic (exact) mass is 269 g/mol. The summed E-state index contributed by atoms with van der Waals surface area (Å²) in [6, 6.07) is 9.47. The standard InChI is InChI=1S/C13H19NO3S/c1-16-13(15)12(14)7-8-18-10-17-9-11-5-3-2-4-6-11/h2-6,12H,7-10,14H2,1H3. The van der Waals surface area contributed by atoms with Gasteiger partial charge in [-0.15, -0.1) is 11.8 Å². The van der Waals surface area contributed by atoms with Gasteiger partial charge in [0.2, 0.25) is 0 Å². The summed E-state index contributed by atoms with van der Waals surface area (Å²) in [5.41, 5.74) is 6.76. The van der Waals surface area contributed by atoms with E-state index in [-0.39, 0.29) is 5.97 Å². The highest BCUT2D eigenvalue weighted by Crippen LogP contribution is 2.08. The number of carbonyl (C=O) groups excluding carboxylic acids is 1. The third kappa shape index (κ3) is 6.05. The molecule has 1 aromatic rings. The van der Waals surface area contributed by atoms with E-state index in [4.69, 9.17) is 10.5 Å². The van der Waals surface area contributed by atoms with Gasteiger partial charge in [0.15, 0.2) is 0 Å². The Morgan fingerprint density at radius 2 is 2.11 bits per heavy atom. The minimum absolute atomic E-state index is 0.360. The van der Waals surface area contributed by atoms with Gasteiger partial charge in [0, 0.05) is 0 Å². The summed E-state index contributed by atoms with van der Waals surface area (Å²) in [7, 11) is 1.35. The SMILES string of the molecule is COC(=O)C(N)CCSCOCc1ccccc1. The fourth-order valence-corrected chi connectivity index (χ4v) is 2.07. The van der Waals surface area contributed by atoms with Crippen LogP contribution in [0, 0.1) is 0 Å². The molecule has 1 aromatic carbocycles. The molecule has 2 N–H and O–H groups in total. The lowest BCUT2D eigenvalue weighted by Crippen LogP contribution is -2.32. The number of ether oxygens (including phenoxy) is 2. The van der Waals surface area contributed by atoms with Crippen LogP contribution in [0.15, 0.2) is 30.3 Å². The summed E-state index contributed by atoms with van der Waals surface area (Å²) >= 11 is 1.62. The number of hydrogen-bond donors (Lipinski definition) is 1. The topological polar surface area (TPSA) is 61.5 Å². The van der Waals surface area contributed by atoms with Crippen LogP contribution < -0.4 is 5.73 Å². The van der Waals surface area contributed by atoms with E-state index in [1.54, 1.807) is 11.8 Å². The van der Waals surface area contributed by atoms with E-state index in [1.807, 2.05) is 30.3 Å². The number of esters is 1. The Bertz CT molecular complexity index is 345. The molecule has 5 heteroatoms. The van der Waals surface area contributed by atoms with Gasteiger partial charge in [0.1, 0.15) is 6.04 Å². The third-order valence-electron chi connectivity index (χ3n) is 2.36. The Kier molecular flexibility index (Phi) is 7.48. The molecule has 1 atom stereocenters. The highest BCUT2D eigenvalue weighted by Gasteiger charge is 2.12. The van der Waals surface area contributed by atoms with Crippen molar-refractivity contribution >= 4 is 17.7 Å². The van der Waals surface area contributed by atoms with Gasteiger partial charge in [-0.2, -0.15) is 0 Å². The van der Waals surface area contributed by atoms with Crippen molar-refractivity contribution < 1.29 is 14.3 Å². The van der Waals surface area contributed by atoms with Crippen molar-refractivity contribution in [2.75, 3.05) is 18.8 Å². The Morgan fingerprint density at radius 1 is 1.39 bits per heavy atom. The first-order valence-corrected chi connectivity index (χ1v) is 6.92. The lowest BCUT2D eigenvalue weighted by molar-refractivity contribution is -0.142. The lowest BCUT2D eigenvalue weighted by atomic mass is 10.2. The first kappa shape index (κ1) is 15.0. The quantitative estimate of drug-likeness (QED) is 0.443. The van der Waals surface area contributed by atoms with E-state index in [0.717, 1.165) is 11.3 Å². The number of rotatable bonds is 8. The maximum Gasteiger partial charge on any atom is 0.322 e. The zero-order valence-corrected chi connectivity index (χ0v) is 11.3. The van der Waals surface area contributed by atoms with Crippen molar-refractivity contribution in [3.05, 3.63) is 35.9 Å². The predicted octanol–water partition coefficient (Wildman–Crippen LogP) is 1.78. The van der Waals surface area contributed by atoms with E-state index >= 15 is 0 Å². The molecule has 0 aliphatic rings. The van der Waals surface area contributed by atoms with Gasteiger partial charge in [0.25, 0.3) is 0 Å². The minimum Gasteiger partial charge on any atom is -0.468 e. The van der Waals surface area contributed by atoms with Crippen molar-refractivity contribution in [3.63, 3.8) is 0 Å². The number of hydrogen-bond acceptors (Lipinski definition) is 5. The molecule has 0 spiro atoms. The van der Waals surface area contributed by atoms with Crippen LogP contribution in [-0.2, 0) is 20.9 Å². The van der Waals surface area contributed by atoms with Gasteiger partial charge in [-0.25, -0.2) is 0 Å². The molecular formula is C13H19NO3S. The largest absolute Gasteiger partial charge is 0.468 e. The van der Waals surface area contributed by atoms with Gasteiger partial charge >= 0.3 is 5.97 Å². The number of carbonyl (C=O) groups is 1. The fraction of sp³-hybridized carbons (Fsp3) is 0.462. The van der Waals surface area contributed by atoms with E-state index in [9.17, 15) is 4.79 Å². The molecular weight excluding hydrogens is 250 g/mol. The van der Waals surface area contributed by atoms with E-state index in [0.29, 0.717) is 19.0 Å². The van der Waals surface area contributed by atoms with Gasteiger partial charge in [-0.05, 0) is 17.7 Å². The summed E-state index contributed by atoms with van der Waals surface area (Å²) in [5.74, 6) is 1.02. The van der Waals surface area contributed by atoms with Crippen molar-refractivity contribution in [1.82, 2.24) is 0 Å². The molecule has 1 rings (SSSR count). The maximum atomic E-state index is 11.0. The summed E-state index contributed by atoms with van der Waals surface area (Å²) < 4.78 is 10.0. The molecule has 100 valence electrons. The highest BCUT2D eigenvalue weighted by atomic mass is 32.2. The van der Waals surface area contributed by atoms with Crippen LogP contribution in [0.2, 0.25) is 0 Å². The molecule has 0 saturated heterocycles. The van der Waals surface area contributed by atoms with Crippen LogP contribution in [0.4, 0.5) is 0 Å². The molecule has 0 bridgehead atoms. The van der Waals surface area contributed by atoms with Gasteiger partial charge in [-0.1, -0.05) is 30.3 Å². The summed E-state index contributed by atoms with van der Waals surface area (Å²) in [4.78, 5) is 11.0. The minimum atomic E-state index is -0.531. The van der Waals surface area contributed by atoms with Crippen molar-refractivity contribution in [2.24, 2.45) is 5.73 Å². The average Bonchev–Trinajstić information content (AvgIpc) is 2.42. The molecule has 4 nitrogen and oxygen atoms in total. The summed E-state index contributed by atoms with van der Waals surface area (Å²) in [6.45, 7) is 0.608. The van der Waals surface area contributed by atoms with Gasteiger partial charge < -0.3 is 15.2 Å². The zero-order chi connectivity index (χ0) is 13.2. The Hall–Kier alpha value is -1.04. The Balaban J connectivity index is 2.01. The van der Waals surface area contributed by atoms with Crippen LogP contribution in [0.3, 0.4) is 0 Å². The Labute approximate surface area is 112 Å². The first-order valence-electron chi connectivity index (χ1n) is 5.77. The molecule has 0 amide bonds. The molecule has 18 heavy (non-hydrogen) atoms. The second-order valence-electron chi connectivity index (χ2n) is 3.78. The lowest BCUT2D eigenvalue weighted by Gasteiger charge is -2.08. The normalized spacial score (nSPS) is 12.1. The second kappa shape index (κ2) is 8.97. The maximum absolute atomic E-state index is 11.0. The number of benzene rings is 1. The van der Waals surface area contributed by atoms with E-state index in [1.165, 1.54) is 7.11 Å². The Morgan fingerprint density at radius 3 is 2.78 bits per heavy atom. The van der Waals surface area contributed by atoms with Crippen molar-refractivity contribution in [1.29, 1.82) is 0 Å². The fourth-order valence-electron chi connectivity index (χ4n) is 1.33. The number of thioether (sulfide) groups is 1. The first-order chi connectivity index (χ1) is 8.74. The third-order valence-corrected chi connectivity index (χ3v) is 3.21. The van der Waals surface area contributed by atoms with Crippen LogP contribution in [0.5, 0.6) is 0 Å². The van der Waals surface area contributed by atoms with E-state index in [2.05, 4.69) is 4.74 Å². The van der Waals surface area contributed by atoms with Gasteiger partial charge in [-0.3, -0.25) is 4.79 Å². The van der Waals surface area contributed by atoms with Gasteiger partial charge in [0.05, 0.1) is 19.7 Å². The van der Waals surface area contributed by atoms with E-state index < -0.39 is 6.04 Å². The molecule has 0 saturated carbocycles. The second-order valence-corrected chi connectivity index (χ2v) is 4.83. The molecule has 0 fully saturated rings. The summed E-state index contributed by atoms with van der Waals surface area (Å²) in [6.07, 6.45) is 0.603. The van der Waals surface area contributed by atoms with Crippen molar-refractivity contribution in [2.45, 2.75) is 19.1 Å². The summed E-state index contributed by atoms with van der Waals surface area (Å²) in [5, 5.41) is 0. The van der Waals surface area contributed by atoms with Crippen LogP contribution in [0.25, 0.3) is 0 Å². The molecule has 0 heterocycles. The van der Waals surface area contributed by atoms with Crippen LogP contribution >= 0.6 is 11.8 Å². The smallest absolute Gasteiger partial charge is 0.322 e. The average molecular weight is 269 g/mol. The molecule has 1 unspecified atom stereocenters. The predicted molar refractivity (Wildman–Crippen MR) is 73.2 cm³/mol. The van der Waals surface area contributed by atoms with Crippen LogP contribution in [-0.4, -0.2) is 30.8 Å². The molecule has 0 radical (unpaired) electrons. The molecule has 0 aliphatic carbocycles. The molecule has 0 aromatic heterocycles. The number of methoxy groups -OCH3 is 1. The highest BCUT2D eigenvalue weighted by molar-refractivity contribution is 7.99. The molecule has 0 aliphatic heterocycles. The van der Waals surface area contributed by atoms with Crippen LogP contribution in [0.1, 0.15) is 12.0 Å².